The largest absolute Gasteiger partial charge is 0.471 e. The minimum absolute atomic E-state index is 0.126. The summed E-state index contributed by atoms with van der Waals surface area (Å²) in [6.45, 7) is 2.29. The van der Waals surface area contributed by atoms with Gasteiger partial charge in [-0.15, -0.1) is 0 Å². The van der Waals surface area contributed by atoms with Crippen LogP contribution in [0.2, 0.25) is 0 Å². The Balaban J connectivity index is 1.59. The van der Waals surface area contributed by atoms with Crippen LogP contribution in [0, 0.1) is 18.3 Å². The molecule has 3 rings (SSSR count). The molecule has 1 amide bonds. The Labute approximate surface area is 144 Å². The molecule has 0 spiro atoms. The van der Waals surface area contributed by atoms with Crippen molar-refractivity contribution in [3.8, 4) is 11.8 Å². The number of hydrogen-bond donors (Lipinski definition) is 1. The van der Waals surface area contributed by atoms with Crippen LogP contribution >= 0.6 is 0 Å². The van der Waals surface area contributed by atoms with E-state index in [1.165, 1.54) is 9.36 Å². The Kier molecular flexibility index (Phi) is 4.76. The van der Waals surface area contributed by atoms with Gasteiger partial charge in [-0.1, -0.05) is 18.2 Å². The highest BCUT2D eigenvalue weighted by molar-refractivity contribution is 6.02. The summed E-state index contributed by atoms with van der Waals surface area (Å²) < 4.78 is 8.66. The maximum atomic E-state index is 12.2. The molecule has 0 bridgehead atoms. The molecule has 1 aromatic carbocycles. The van der Waals surface area contributed by atoms with Gasteiger partial charge in [0.15, 0.2) is 18.2 Å². The predicted octanol–water partition coefficient (Wildman–Crippen LogP) is 2.20. The third-order valence-electron chi connectivity index (χ3n) is 3.43. The summed E-state index contributed by atoms with van der Waals surface area (Å²) in [6.07, 6.45) is 3.29. The number of para-hydroxylation sites is 1. The second-order valence-corrected chi connectivity index (χ2v) is 5.29. The van der Waals surface area contributed by atoms with Crippen molar-refractivity contribution >= 4 is 11.7 Å². The molecule has 2 heterocycles. The molecule has 126 valence electrons. The molecular weight excluding hydrogens is 320 g/mol. The number of aromatic nitrogens is 4. The third-order valence-corrected chi connectivity index (χ3v) is 3.43. The van der Waals surface area contributed by atoms with E-state index >= 15 is 0 Å². The lowest BCUT2D eigenvalue weighted by Gasteiger charge is -2.08. The molecule has 8 nitrogen and oxygen atoms in total. The van der Waals surface area contributed by atoms with E-state index in [2.05, 4.69) is 15.5 Å². The van der Waals surface area contributed by atoms with Crippen LogP contribution in [0.25, 0.3) is 0 Å². The van der Waals surface area contributed by atoms with E-state index in [9.17, 15) is 4.79 Å². The first-order valence-corrected chi connectivity index (χ1v) is 7.59. The fourth-order valence-electron chi connectivity index (χ4n) is 2.18. The molecule has 0 aliphatic rings. The highest BCUT2D eigenvalue weighted by Gasteiger charge is 2.11. The molecule has 0 aliphatic heterocycles. The molecule has 0 aliphatic carbocycles. The Morgan fingerprint density at radius 1 is 1.20 bits per heavy atom. The van der Waals surface area contributed by atoms with Crippen molar-refractivity contribution in [3.63, 3.8) is 0 Å². The van der Waals surface area contributed by atoms with E-state index in [-0.39, 0.29) is 24.9 Å². The van der Waals surface area contributed by atoms with Gasteiger partial charge in [-0.05, 0) is 24.6 Å². The van der Waals surface area contributed by atoms with E-state index in [4.69, 9.17) is 10.00 Å². The Hall–Kier alpha value is -3.60. The molecule has 0 radical (unpaired) electrons. The number of nitrogens with one attached hydrogen (secondary N) is 1. The van der Waals surface area contributed by atoms with Gasteiger partial charge >= 0.3 is 0 Å². The molecular formula is C17H16N6O2. The number of carbonyl (C=O) groups excluding carboxylic acids is 1. The quantitative estimate of drug-likeness (QED) is 0.744. The molecule has 25 heavy (non-hydrogen) atoms. The topological polar surface area (TPSA) is 97.8 Å². The number of aryl methyl sites for hydroxylation is 1. The van der Waals surface area contributed by atoms with Crippen molar-refractivity contribution in [2.45, 2.75) is 20.2 Å². The van der Waals surface area contributed by atoms with Crippen LogP contribution in [0.1, 0.15) is 16.1 Å². The average molecular weight is 336 g/mol. The first-order valence-electron chi connectivity index (χ1n) is 7.59. The summed E-state index contributed by atoms with van der Waals surface area (Å²) in [6, 6.07) is 12.9. The van der Waals surface area contributed by atoms with Crippen LogP contribution in [0.3, 0.4) is 0 Å². The molecule has 0 saturated carbocycles. The normalized spacial score (nSPS) is 10.2. The van der Waals surface area contributed by atoms with Crippen molar-refractivity contribution in [2.75, 3.05) is 5.32 Å². The van der Waals surface area contributed by atoms with Gasteiger partial charge in [0.05, 0.1) is 6.07 Å². The predicted molar refractivity (Wildman–Crippen MR) is 89.8 cm³/mol. The average Bonchev–Trinajstić information content (AvgIpc) is 3.24. The second-order valence-electron chi connectivity index (χ2n) is 5.29. The number of benzene rings is 1. The zero-order chi connectivity index (χ0) is 17.6. The molecule has 3 aromatic rings. The Morgan fingerprint density at radius 2 is 2.00 bits per heavy atom. The van der Waals surface area contributed by atoms with Gasteiger partial charge in [-0.25, -0.2) is 4.68 Å². The summed E-state index contributed by atoms with van der Waals surface area (Å²) in [5.41, 5.74) is 1.28. The molecule has 1 N–H and O–H groups in total. The van der Waals surface area contributed by atoms with Gasteiger partial charge in [-0.2, -0.15) is 15.5 Å². The van der Waals surface area contributed by atoms with Gasteiger partial charge < -0.3 is 10.1 Å². The zero-order valence-electron chi connectivity index (χ0n) is 13.6. The smallest absolute Gasteiger partial charge is 0.277 e. The number of rotatable bonds is 6. The van der Waals surface area contributed by atoms with Gasteiger partial charge in [0, 0.05) is 18.5 Å². The molecule has 0 fully saturated rings. The first kappa shape index (κ1) is 16.3. The van der Waals surface area contributed by atoms with Crippen LogP contribution in [0.5, 0.6) is 5.75 Å². The number of hydrogen-bond acceptors (Lipinski definition) is 5. The summed E-state index contributed by atoms with van der Waals surface area (Å²) in [4.78, 5) is 12.2. The van der Waals surface area contributed by atoms with E-state index in [1.807, 2.05) is 37.3 Å². The molecule has 0 atom stereocenters. The molecule has 0 saturated heterocycles. The van der Waals surface area contributed by atoms with Crippen molar-refractivity contribution in [2.24, 2.45) is 0 Å². The Morgan fingerprint density at radius 3 is 2.80 bits per heavy atom. The highest BCUT2D eigenvalue weighted by atomic mass is 16.5. The molecule has 2 aromatic heterocycles. The zero-order valence-corrected chi connectivity index (χ0v) is 13.6. The van der Waals surface area contributed by atoms with E-state index in [1.54, 1.807) is 24.5 Å². The maximum Gasteiger partial charge on any atom is 0.277 e. The number of nitrogens with zero attached hydrogens (tertiary/aromatic N) is 5. The van der Waals surface area contributed by atoms with Gasteiger partial charge in [-0.3, -0.25) is 9.48 Å². The van der Waals surface area contributed by atoms with Crippen LogP contribution < -0.4 is 10.1 Å². The fourth-order valence-corrected chi connectivity index (χ4v) is 2.18. The molecule has 0 unspecified atom stereocenters. The number of anilines is 1. The van der Waals surface area contributed by atoms with E-state index in [0.717, 1.165) is 11.3 Å². The van der Waals surface area contributed by atoms with Gasteiger partial charge in [0.1, 0.15) is 12.3 Å². The van der Waals surface area contributed by atoms with Crippen molar-refractivity contribution in [1.82, 2.24) is 19.6 Å². The van der Waals surface area contributed by atoms with Crippen molar-refractivity contribution in [3.05, 3.63) is 60.0 Å². The SMILES string of the molecule is Cc1ccccc1OCn1ccc(C(=O)Nc2ccn(CC#N)n2)n1. The van der Waals surface area contributed by atoms with Crippen LogP contribution in [0.4, 0.5) is 5.82 Å². The number of carbonyl (C=O) groups is 1. The Bertz CT molecular complexity index is 921. The summed E-state index contributed by atoms with van der Waals surface area (Å²) in [5, 5.41) is 19.5. The lowest BCUT2D eigenvalue weighted by atomic mass is 10.2. The highest BCUT2D eigenvalue weighted by Crippen LogP contribution is 2.16. The standard InChI is InChI=1S/C17H16N6O2/c1-13-4-2-3-5-15(13)25-12-23-9-6-14(20-23)17(24)19-16-7-10-22(21-16)11-8-18/h2-7,9-10H,11-12H2,1H3,(H,19,21,24). The monoisotopic (exact) mass is 336 g/mol. The minimum atomic E-state index is -0.378. The van der Waals surface area contributed by atoms with Gasteiger partial charge in [0.2, 0.25) is 0 Å². The van der Waals surface area contributed by atoms with E-state index < -0.39 is 0 Å². The van der Waals surface area contributed by atoms with E-state index in [0.29, 0.717) is 5.82 Å². The van der Waals surface area contributed by atoms with Crippen LogP contribution in [-0.2, 0) is 13.3 Å². The molecule has 8 heteroatoms. The lowest BCUT2D eigenvalue weighted by molar-refractivity contribution is 0.101. The summed E-state index contributed by atoms with van der Waals surface area (Å²) in [7, 11) is 0. The van der Waals surface area contributed by atoms with Crippen molar-refractivity contribution in [1.29, 1.82) is 5.26 Å². The van der Waals surface area contributed by atoms with Crippen molar-refractivity contribution < 1.29 is 9.53 Å². The van der Waals surface area contributed by atoms with Gasteiger partial charge in [0.25, 0.3) is 5.91 Å². The number of nitriles is 1. The first-order chi connectivity index (χ1) is 12.2. The third kappa shape index (κ3) is 4.03. The summed E-state index contributed by atoms with van der Waals surface area (Å²) >= 11 is 0. The van der Waals surface area contributed by atoms with Crippen LogP contribution in [0.15, 0.2) is 48.8 Å². The minimum Gasteiger partial charge on any atom is -0.471 e. The number of amides is 1. The van der Waals surface area contributed by atoms with Crippen LogP contribution in [-0.4, -0.2) is 25.5 Å². The fraction of sp³-hybridized carbons (Fsp3) is 0.176. The number of ether oxygens (including phenoxy) is 1. The lowest BCUT2D eigenvalue weighted by Crippen LogP contribution is -2.15. The summed E-state index contributed by atoms with van der Waals surface area (Å²) in [5.74, 6) is 0.759. The maximum absolute atomic E-state index is 12.2. The second kappa shape index (κ2) is 7.31.